The van der Waals surface area contributed by atoms with Gasteiger partial charge in [0.1, 0.15) is 11.6 Å². The maximum atomic E-state index is 12.1. The van der Waals surface area contributed by atoms with Crippen LogP contribution in [0.15, 0.2) is 0 Å². The smallest absolute Gasteiger partial charge is 0.408 e. The standard InChI is InChI=1S/C15H26N2O4/c1-15(2,3)21-14(19)16-11-12(17(20-4)13(11)18)10-8-6-5-7-9-10/h10-12H,5-9H2,1-4H3,(H,16,19)/t11-,12-/m0/s1. The van der Waals surface area contributed by atoms with E-state index in [1.807, 2.05) is 0 Å². The highest BCUT2D eigenvalue weighted by molar-refractivity contribution is 5.91. The van der Waals surface area contributed by atoms with Crippen LogP contribution in [0.5, 0.6) is 0 Å². The minimum absolute atomic E-state index is 0.0738. The Balaban J connectivity index is 1.99. The Kier molecular flexibility index (Phi) is 4.76. The Morgan fingerprint density at radius 1 is 1.24 bits per heavy atom. The van der Waals surface area contributed by atoms with E-state index in [9.17, 15) is 9.59 Å². The van der Waals surface area contributed by atoms with E-state index in [1.165, 1.54) is 31.4 Å². The van der Waals surface area contributed by atoms with E-state index in [0.717, 1.165) is 12.8 Å². The Morgan fingerprint density at radius 3 is 2.38 bits per heavy atom. The number of ether oxygens (including phenoxy) is 1. The molecule has 0 aromatic rings. The monoisotopic (exact) mass is 298 g/mol. The number of nitrogens with zero attached hydrogens (tertiary/aromatic N) is 1. The van der Waals surface area contributed by atoms with Gasteiger partial charge in [-0.25, -0.2) is 9.86 Å². The van der Waals surface area contributed by atoms with Gasteiger partial charge in [-0.15, -0.1) is 0 Å². The fourth-order valence-corrected chi connectivity index (χ4v) is 3.22. The Labute approximate surface area is 126 Å². The lowest BCUT2D eigenvalue weighted by atomic mass is 9.77. The maximum Gasteiger partial charge on any atom is 0.408 e. The number of hydrogen-bond donors (Lipinski definition) is 1. The van der Waals surface area contributed by atoms with Crippen molar-refractivity contribution in [2.75, 3.05) is 7.11 Å². The number of hydrogen-bond acceptors (Lipinski definition) is 4. The van der Waals surface area contributed by atoms with Crippen molar-refractivity contribution in [1.29, 1.82) is 0 Å². The van der Waals surface area contributed by atoms with E-state index in [-0.39, 0.29) is 11.9 Å². The van der Waals surface area contributed by atoms with Gasteiger partial charge < -0.3 is 10.1 Å². The zero-order chi connectivity index (χ0) is 15.6. The predicted octanol–water partition coefficient (Wildman–Crippen LogP) is 2.23. The molecule has 1 saturated carbocycles. The molecule has 2 fully saturated rings. The van der Waals surface area contributed by atoms with E-state index >= 15 is 0 Å². The van der Waals surface area contributed by atoms with Crippen LogP contribution in [0.3, 0.4) is 0 Å². The van der Waals surface area contributed by atoms with Gasteiger partial charge in [-0.2, -0.15) is 0 Å². The molecular formula is C15H26N2O4. The summed E-state index contributed by atoms with van der Waals surface area (Å²) in [5.74, 6) is 0.190. The lowest BCUT2D eigenvalue weighted by molar-refractivity contribution is -0.232. The summed E-state index contributed by atoms with van der Waals surface area (Å²) >= 11 is 0. The molecule has 21 heavy (non-hydrogen) atoms. The van der Waals surface area contributed by atoms with Crippen LogP contribution in [-0.4, -0.2) is 41.9 Å². The molecule has 1 N–H and O–H groups in total. The van der Waals surface area contributed by atoms with Crippen LogP contribution in [0.1, 0.15) is 52.9 Å². The topological polar surface area (TPSA) is 67.9 Å². The largest absolute Gasteiger partial charge is 0.444 e. The summed E-state index contributed by atoms with van der Waals surface area (Å²) in [6, 6.07) is -0.599. The van der Waals surface area contributed by atoms with E-state index < -0.39 is 17.7 Å². The number of carbonyl (C=O) groups is 2. The summed E-state index contributed by atoms with van der Waals surface area (Å²) in [4.78, 5) is 29.1. The second-order valence-electron chi connectivity index (χ2n) is 6.86. The van der Waals surface area contributed by atoms with Crippen LogP contribution in [0, 0.1) is 5.92 Å². The molecule has 6 heteroatoms. The van der Waals surface area contributed by atoms with Crippen molar-refractivity contribution in [3.05, 3.63) is 0 Å². The van der Waals surface area contributed by atoms with Crippen LogP contribution >= 0.6 is 0 Å². The van der Waals surface area contributed by atoms with Crippen LogP contribution in [-0.2, 0) is 14.4 Å². The number of carbonyl (C=O) groups excluding carboxylic acids is 2. The lowest BCUT2D eigenvalue weighted by Crippen LogP contribution is -2.72. The third kappa shape index (κ3) is 3.67. The molecule has 1 heterocycles. The minimum Gasteiger partial charge on any atom is -0.444 e. The molecule has 0 unspecified atom stereocenters. The second-order valence-corrected chi connectivity index (χ2v) is 6.86. The molecule has 2 amide bonds. The van der Waals surface area contributed by atoms with Gasteiger partial charge in [-0.1, -0.05) is 19.3 Å². The van der Waals surface area contributed by atoms with Crippen molar-refractivity contribution >= 4 is 12.0 Å². The first-order valence-electron chi connectivity index (χ1n) is 7.70. The fraction of sp³-hybridized carbons (Fsp3) is 0.867. The average molecular weight is 298 g/mol. The molecule has 0 aromatic carbocycles. The summed E-state index contributed by atoms with van der Waals surface area (Å²) < 4.78 is 5.24. The van der Waals surface area contributed by atoms with Crippen molar-refractivity contribution in [3.8, 4) is 0 Å². The quantitative estimate of drug-likeness (QED) is 0.811. The first kappa shape index (κ1) is 16.1. The SMILES string of the molecule is CON1C(=O)[C@@H](NC(=O)OC(C)(C)C)[C@@H]1C1CCCCC1. The van der Waals surface area contributed by atoms with Crippen LogP contribution in [0.25, 0.3) is 0 Å². The van der Waals surface area contributed by atoms with Crippen LogP contribution in [0.2, 0.25) is 0 Å². The minimum atomic E-state index is -0.571. The molecule has 1 aliphatic carbocycles. The van der Waals surface area contributed by atoms with Gasteiger partial charge in [0, 0.05) is 0 Å². The lowest BCUT2D eigenvalue weighted by Gasteiger charge is -2.49. The van der Waals surface area contributed by atoms with Gasteiger partial charge in [0.05, 0.1) is 13.2 Å². The number of alkyl carbamates (subject to hydrolysis) is 1. The molecule has 2 aliphatic rings. The van der Waals surface area contributed by atoms with Crippen molar-refractivity contribution in [2.24, 2.45) is 5.92 Å². The predicted molar refractivity (Wildman–Crippen MR) is 77.4 cm³/mol. The van der Waals surface area contributed by atoms with Gasteiger partial charge in [-0.3, -0.25) is 9.63 Å². The van der Waals surface area contributed by atoms with Crippen molar-refractivity contribution < 1.29 is 19.2 Å². The summed E-state index contributed by atoms with van der Waals surface area (Å²) in [5, 5.41) is 4.10. The fourth-order valence-electron chi connectivity index (χ4n) is 3.22. The number of hydroxylamine groups is 2. The number of rotatable bonds is 3. The van der Waals surface area contributed by atoms with Gasteiger partial charge in [-0.05, 0) is 39.5 Å². The van der Waals surface area contributed by atoms with Crippen LogP contribution < -0.4 is 5.32 Å². The van der Waals surface area contributed by atoms with Gasteiger partial charge in [0.25, 0.3) is 5.91 Å². The summed E-state index contributed by atoms with van der Waals surface area (Å²) in [7, 11) is 1.50. The highest BCUT2D eigenvalue weighted by Crippen LogP contribution is 2.36. The summed E-state index contributed by atoms with van der Waals surface area (Å²) in [5.41, 5.74) is -0.571. The summed E-state index contributed by atoms with van der Waals surface area (Å²) in [6.45, 7) is 5.40. The third-order valence-electron chi connectivity index (χ3n) is 4.10. The average Bonchev–Trinajstić information content (AvgIpc) is 2.40. The summed E-state index contributed by atoms with van der Waals surface area (Å²) in [6.07, 6.45) is 5.19. The van der Waals surface area contributed by atoms with Crippen molar-refractivity contribution in [2.45, 2.75) is 70.6 Å². The zero-order valence-corrected chi connectivity index (χ0v) is 13.3. The third-order valence-corrected chi connectivity index (χ3v) is 4.10. The maximum absolute atomic E-state index is 12.1. The molecule has 1 saturated heterocycles. The molecule has 0 bridgehead atoms. The zero-order valence-electron chi connectivity index (χ0n) is 13.3. The van der Waals surface area contributed by atoms with Crippen molar-refractivity contribution in [3.63, 3.8) is 0 Å². The molecule has 0 radical (unpaired) electrons. The Hall–Kier alpha value is -1.30. The number of amides is 2. The second kappa shape index (κ2) is 6.22. The van der Waals surface area contributed by atoms with Crippen LogP contribution in [0.4, 0.5) is 4.79 Å². The molecule has 2 atom stereocenters. The van der Waals surface area contributed by atoms with E-state index in [1.54, 1.807) is 20.8 Å². The van der Waals surface area contributed by atoms with Crippen molar-refractivity contribution in [1.82, 2.24) is 10.4 Å². The molecule has 1 aliphatic heterocycles. The Bertz CT molecular complexity index is 399. The molecule has 0 aromatic heterocycles. The molecule has 2 rings (SSSR count). The Morgan fingerprint density at radius 2 is 1.86 bits per heavy atom. The number of nitrogens with one attached hydrogen (secondary N) is 1. The van der Waals surface area contributed by atoms with Gasteiger partial charge >= 0.3 is 6.09 Å². The highest BCUT2D eigenvalue weighted by Gasteiger charge is 2.53. The molecular weight excluding hydrogens is 272 g/mol. The first-order valence-corrected chi connectivity index (χ1v) is 7.70. The van der Waals surface area contributed by atoms with E-state index in [0.29, 0.717) is 5.92 Å². The number of β-lactam (4-membered cyclic amide) rings is 1. The van der Waals surface area contributed by atoms with Gasteiger partial charge in [0.2, 0.25) is 0 Å². The van der Waals surface area contributed by atoms with E-state index in [4.69, 9.17) is 9.57 Å². The van der Waals surface area contributed by atoms with E-state index in [2.05, 4.69) is 5.32 Å². The first-order chi connectivity index (χ1) is 9.83. The highest BCUT2D eigenvalue weighted by atomic mass is 16.7. The normalized spacial score (nSPS) is 27.2. The molecule has 0 spiro atoms. The molecule has 120 valence electrons. The van der Waals surface area contributed by atoms with Gasteiger partial charge in [0.15, 0.2) is 0 Å². The molecule has 6 nitrogen and oxygen atoms in total.